The maximum absolute atomic E-state index is 12.8. The average molecular weight is 446 g/mol. The van der Waals surface area contributed by atoms with Gasteiger partial charge in [-0.3, -0.25) is 19.7 Å². The highest BCUT2D eigenvalue weighted by Crippen LogP contribution is 2.30. The van der Waals surface area contributed by atoms with Crippen LogP contribution in [-0.2, 0) is 14.6 Å². The Balaban J connectivity index is 1.88. The van der Waals surface area contributed by atoms with Gasteiger partial charge in [0.15, 0.2) is 9.84 Å². The first-order chi connectivity index (χ1) is 14.6. The molecule has 0 unspecified atom stereocenters. The van der Waals surface area contributed by atoms with Crippen molar-refractivity contribution in [3.05, 3.63) is 58.1 Å². The molecule has 0 spiro atoms. The SMILES string of the molecule is CS(=O)(=O)c1cc(C(=O)Nc2ccccc2N2CCC(C(N)=O)CC2)cc([N+](=O)[O-])c1. The summed E-state index contributed by atoms with van der Waals surface area (Å²) < 4.78 is 23.8. The van der Waals surface area contributed by atoms with Crippen molar-refractivity contribution in [2.75, 3.05) is 29.6 Å². The number of hydrogen-bond acceptors (Lipinski definition) is 7. The van der Waals surface area contributed by atoms with Gasteiger partial charge in [-0.15, -0.1) is 0 Å². The molecule has 164 valence electrons. The van der Waals surface area contributed by atoms with E-state index >= 15 is 0 Å². The quantitative estimate of drug-likeness (QED) is 0.508. The van der Waals surface area contributed by atoms with E-state index in [0.717, 1.165) is 30.1 Å². The number of amides is 2. The molecule has 1 fully saturated rings. The van der Waals surface area contributed by atoms with Gasteiger partial charge in [-0.1, -0.05) is 12.1 Å². The molecule has 1 aliphatic rings. The fourth-order valence-electron chi connectivity index (χ4n) is 3.49. The van der Waals surface area contributed by atoms with Crippen LogP contribution in [0.15, 0.2) is 47.4 Å². The number of primary amides is 1. The van der Waals surface area contributed by atoms with Crippen molar-refractivity contribution >= 4 is 38.7 Å². The minimum atomic E-state index is -3.76. The number of para-hydroxylation sites is 2. The second kappa shape index (κ2) is 8.72. The van der Waals surface area contributed by atoms with Crippen LogP contribution in [0.1, 0.15) is 23.2 Å². The largest absolute Gasteiger partial charge is 0.370 e. The van der Waals surface area contributed by atoms with Gasteiger partial charge in [-0.25, -0.2) is 8.42 Å². The van der Waals surface area contributed by atoms with Crippen molar-refractivity contribution in [2.24, 2.45) is 11.7 Å². The molecular formula is C20H22N4O6S. The van der Waals surface area contributed by atoms with Crippen molar-refractivity contribution in [1.29, 1.82) is 0 Å². The van der Waals surface area contributed by atoms with Crippen molar-refractivity contribution in [3.8, 4) is 0 Å². The molecule has 2 amide bonds. The third kappa shape index (κ3) is 5.18. The van der Waals surface area contributed by atoms with Gasteiger partial charge in [0.1, 0.15) is 0 Å². The Kier molecular flexibility index (Phi) is 6.25. The molecule has 0 saturated carbocycles. The number of piperidine rings is 1. The zero-order valence-corrected chi connectivity index (χ0v) is 17.6. The van der Waals surface area contributed by atoms with E-state index in [1.54, 1.807) is 18.2 Å². The fraction of sp³-hybridized carbons (Fsp3) is 0.300. The Bertz CT molecular complexity index is 1140. The maximum atomic E-state index is 12.8. The van der Waals surface area contributed by atoms with Crippen molar-refractivity contribution < 1.29 is 22.9 Å². The minimum Gasteiger partial charge on any atom is -0.370 e. The lowest BCUT2D eigenvalue weighted by Crippen LogP contribution is -2.38. The van der Waals surface area contributed by atoms with E-state index in [0.29, 0.717) is 31.6 Å². The second-order valence-electron chi connectivity index (χ2n) is 7.38. The summed E-state index contributed by atoms with van der Waals surface area (Å²) in [6, 6.07) is 10.1. The van der Waals surface area contributed by atoms with E-state index < -0.39 is 26.4 Å². The smallest absolute Gasteiger partial charge is 0.271 e. The number of non-ortho nitro benzene ring substituents is 1. The summed E-state index contributed by atoms with van der Waals surface area (Å²) in [6.45, 7) is 1.16. The predicted molar refractivity (Wildman–Crippen MR) is 115 cm³/mol. The van der Waals surface area contributed by atoms with Crippen molar-refractivity contribution in [1.82, 2.24) is 0 Å². The maximum Gasteiger partial charge on any atom is 0.271 e. The lowest BCUT2D eigenvalue weighted by molar-refractivity contribution is -0.385. The van der Waals surface area contributed by atoms with Gasteiger partial charge in [0, 0.05) is 43.0 Å². The van der Waals surface area contributed by atoms with Crippen LogP contribution in [0.2, 0.25) is 0 Å². The number of anilines is 2. The summed E-state index contributed by atoms with van der Waals surface area (Å²) >= 11 is 0. The lowest BCUT2D eigenvalue weighted by atomic mass is 9.96. The van der Waals surface area contributed by atoms with Gasteiger partial charge >= 0.3 is 0 Å². The van der Waals surface area contributed by atoms with E-state index in [9.17, 15) is 28.1 Å². The molecule has 1 saturated heterocycles. The van der Waals surface area contributed by atoms with Gasteiger partial charge in [-0.05, 0) is 31.0 Å². The Hall–Kier alpha value is -3.47. The lowest BCUT2D eigenvalue weighted by Gasteiger charge is -2.33. The van der Waals surface area contributed by atoms with Crippen LogP contribution in [0, 0.1) is 16.0 Å². The van der Waals surface area contributed by atoms with Crippen LogP contribution in [0.5, 0.6) is 0 Å². The number of rotatable bonds is 6. The summed E-state index contributed by atoms with van der Waals surface area (Å²) in [5, 5.41) is 13.9. The molecule has 2 aromatic carbocycles. The van der Waals surface area contributed by atoms with Gasteiger partial charge in [-0.2, -0.15) is 0 Å². The molecule has 0 atom stereocenters. The number of nitrogens with two attached hydrogens (primary N) is 1. The molecule has 31 heavy (non-hydrogen) atoms. The van der Waals surface area contributed by atoms with E-state index in [2.05, 4.69) is 5.32 Å². The standard InChI is InChI=1S/C20H22N4O6S/c1-31(29,30)16-11-14(10-15(12-16)24(27)28)20(26)22-17-4-2-3-5-18(17)23-8-6-13(7-9-23)19(21)25/h2-5,10-13H,6-9H2,1H3,(H2,21,25)(H,22,26). The van der Waals surface area contributed by atoms with Gasteiger partial charge < -0.3 is 16.0 Å². The number of nitro groups is 1. The number of benzene rings is 2. The van der Waals surface area contributed by atoms with E-state index in [-0.39, 0.29) is 22.3 Å². The number of nitrogens with one attached hydrogen (secondary N) is 1. The highest BCUT2D eigenvalue weighted by Gasteiger charge is 2.25. The van der Waals surface area contributed by atoms with Crippen LogP contribution < -0.4 is 16.0 Å². The first kappa shape index (κ1) is 22.2. The van der Waals surface area contributed by atoms with Gasteiger partial charge in [0.05, 0.1) is 21.2 Å². The number of carbonyl (C=O) groups excluding carboxylic acids is 2. The number of nitro benzene ring substituents is 1. The summed E-state index contributed by atoms with van der Waals surface area (Å²) in [7, 11) is -3.76. The summed E-state index contributed by atoms with van der Waals surface area (Å²) in [5.41, 5.74) is 5.95. The molecule has 11 heteroatoms. The Morgan fingerprint density at radius 1 is 1.16 bits per heavy atom. The molecule has 1 aliphatic heterocycles. The first-order valence-electron chi connectivity index (χ1n) is 9.50. The van der Waals surface area contributed by atoms with E-state index in [4.69, 9.17) is 5.73 Å². The third-order valence-electron chi connectivity index (χ3n) is 5.18. The summed E-state index contributed by atoms with van der Waals surface area (Å²) in [4.78, 5) is 36.4. The Morgan fingerprint density at radius 3 is 2.39 bits per heavy atom. The Morgan fingerprint density at radius 2 is 1.81 bits per heavy atom. The third-order valence-corrected chi connectivity index (χ3v) is 6.27. The van der Waals surface area contributed by atoms with E-state index in [1.165, 1.54) is 0 Å². The molecule has 0 aromatic heterocycles. The topological polar surface area (TPSA) is 153 Å². The highest BCUT2D eigenvalue weighted by atomic mass is 32.2. The molecule has 1 heterocycles. The number of carbonyl (C=O) groups is 2. The number of sulfone groups is 1. The highest BCUT2D eigenvalue weighted by molar-refractivity contribution is 7.90. The van der Waals surface area contributed by atoms with Gasteiger partial charge in [0.2, 0.25) is 5.91 Å². The van der Waals surface area contributed by atoms with Crippen LogP contribution >= 0.6 is 0 Å². The van der Waals surface area contributed by atoms with Crippen molar-refractivity contribution in [2.45, 2.75) is 17.7 Å². The predicted octanol–water partition coefficient (Wildman–Crippen LogP) is 1.95. The number of hydrogen-bond donors (Lipinski definition) is 2. The molecular weight excluding hydrogens is 424 g/mol. The van der Waals surface area contributed by atoms with Crippen LogP contribution in [0.25, 0.3) is 0 Å². The molecule has 0 aliphatic carbocycles. The molecule has 3 rings (SSSR count). The molecule has 2 aromatic rings. The van der Waals surface area contributed by atoms with Crippen LogP contribution in [-0.4, -0.2) is 44.5 Å². The molecule has 0 bridgehead atoms. The van der Waals surface area contributed by atoms with Crippen molar-refractivity contribution in [3.63, 3.8) is 0 Å². The van der Waals surface area contributed by atoms with Crippen LogP contribution in [0.4, 0.5) is 17.1 Å². The summed E-state index contributed by atoms with van der Waals surface area (Å²) in [5.74, 6) is -1.18. The van der Waals surface area contributed by atoms with E-state index in [1.807, 2.05) is 11.0 Å². The Labute approximate surface area is 179 Å². The number of nitrogens with zero attached hydrogens (tertiary/aromatic N) is 2. The summed E-state index contributed by atoms with van der Waals surface area (Å²) in [6.07, 6.45) is 2.11. The normalized spacial score (nSPS) is 14.8. The first-order valence-corrected chi connectivity index (χ1v) is 11.4. The second-order valence-corrected chi connectivity index (χ2v) is 9.40. The average Bonchev–Trinajstić information content (AvgIpc) is 2.73. The fourth-order valence-corrected chi connectivity index (χ4v) is 4.16. The molecule has 10 nitrogen and oxygen atoms in total. The van der Waals surface area contributed by atoms with Gasteiger partial charge in [0.25, 0.3) is 11.6 Å². The molecule has 0 radical (unpaired) electrons. The van der Waals surface area contributed by atoms with Crippen LogP contribution in [0.3, 0.4) is 0 Å². The molecule has 3 N–H and O–H groups in total. The minimum absolute atomic E-state index is 0.142. The zero-order valence-electron chi connectivity index (χ0n) is 16.8. The monoisotopic (exact) mass is 446 g/mol. The zero-order chi connectivity index (χ0) is 22.8.